The topological polar surface area (TPSA) is 425 Å². The second kappa shape index (κ2) is 55.9. The molecule has 2 aliphatic carbocycles. The number of aliphatic hydroxyl groups excluding tert-OH is 2. The number of esters is 2. The Balaban J connectivity index is 0.000000325. The van der Waals surface area contributed by atoms with Crippen LogP contribution in [-0.4, -0.2) is 304 Å². The maximum atomic E-state index is 14.6. The molecule has 2 unspecified atom stereocenters. The van der Waals surface area contributed by atoms with Gasteiger partial charge in [-0.15, -0.1) is 0 Å². The van der Waals surface area contributed by atoms with Crippen LogP contribution in [0.3, 0.4) is 0 Å². The van der Waals surface area contributed by atoms with Crippen LogP contribution < -0.4 is 0 Å². The highest BCUT2D eigenvalue weighted by molar-refractivity contribution is 7.89. The summed E-state index contributed by atoms with van der Waals surface area (Å²) in [5, 5.41) is 47.5. The number of ether oxygens (including phenoxy) is 8. The number of ketones is 4. The molecule has 0 aromatic carbocycles. The van der Waals surface area contributed by atoms with Crippen LogP contribution in [0.2, 0.25) is 0 Å². The second-order valence-electron chi connectivity index (χ2n) is 45.2. The van der Waals surface area contributed by atoms with E-state index >= 15 is 0 Å². The largest absolute Gasteiger partial charge is 0.461 e. The van der Waals surface area contributed by atoms with Crippen LogP contribution in [0.25, 0.3) is 0 Å². The molecule has 0 aromatic rings. The van der Waals surface area contributed by atoms with E-state index in [9.17, 15) is 84.7 Å². The fourth-order valence-electron chi connectivity index (χ4n) is 23.6. The lowest BCUT2D eigenvalue weighted by atomic mass is 9.78. The Morgan fingerprint density at radius 2 is 0.774 bits per heavy atom. The van der Waals surface area contributed by atoms with Crippen molar-refractivity contribution >= 4 is 81.7 Å². The number of rotatable bonds is 16. The van der Waals surface area contributed by atoms with Crippen molar-refractivity contribution < 1.29 is 132 Å². The lowest BCUT2D eigenvalue weighted by molar-refractivity contribution is -0.264. The van der Waals surface area contributed by atoms with E-state index in [2.05, 4.69) is 0 Å². The first-order valence-electron chi connectivity index (χ1n) is 53.9. The van der Waals surface area contributed by atoms with Crippen molar-refractivity contribution in [3.05, 3.63) is 95.2 Å². The van der Waals surface area contributed by atoms with Crippen LogP contribution in [0.5, 0.6) is 0 Å². The Morgan fingerprint density at radius 3 is 1.10 bits per heavy atom. The van der Waals surface area contributed by atoms with E-state index in [1.54, 1.807) is 68.6 Å². The van der Waals surface area contributed by atoms with E-state index in [4.69, 9.17) is 46.9 Å². The molecule has 0 spiro atoms. The average Bonchev–Trinajstić information content (AvgIpc) is 0.917. The zero-order valence-corrected chi connectivity index (χ0v) is 94.6. The molecule has 10 aliphatic rings. The predicted molar refractivity (Wildman–Crippen MR) is 562 cm³/mol. The van der Waals surface area contributed by atoms with Crippen LogP contribution in [-0.2, 0) is 114 Å². The highest BCUT2D eigenvalue weighted by atomic mass is 32.2. The summed E-state index contributed by atoms with van der Waals surface area (Å²) in [6.45, 7) is 33.5. The van der Waals surface area contributed by atoms with Crippen molar-refractivity contribution in [2.75, 3.05) is 92.8 Å². The van der Waals surface area contributed by atoms with Gasteiger partial charge in [0, 0.05) is 117 Å². The predicted octanol–water partition coefficient (Wildman–Crippen LogP) is 15.9. The highest BCUT2D eigenvalue weighted by Gasteiger charge is 2.57. The number of hydrogen-bond acceptors (Lipinski definition) is 28. The molecule has 828 valence electrons. The Kier molecular flexibility index (Phi) is 47.4. The molecule has 146 heavy (non-hydrogen) atoms. The number of piperidine rings is 2. The van der Waals surface area contributed by atoms with Gasteiger partial charge in [0.05, 0.1) is 48.1 Å². The molecular formula is C110H178N4O28P2S2. The van der Waals surface area contributed by atoms with Crippen LogP contribution in [0.1, 0.15) is 277 Å². The van der Waals surface area contributed by atoms with E-state index in [-0.39, 0.29) is 134 Å². The standard InChI is InChI=1S/2C55H89N2O14PS/c2*1-35-18-13-12-14-19-37(3)45(57-28-17-29-73(57,65)66)34-43-24-22-41(7)55(63,70-43)52(60)53(61)56-27-16-15-20-44(56)54(62)69-46(38(4)32-42-23-26-47(48(33-42)67-8)71-72(10,11)64)25-21-36(2)31-40(6)50(59)51(68-9)49(58)39(5)30-35/h2*12-14,18-19,31,35-36,38-39,41-48,50-51,59,63H,15-17,20-30,32-34H2,1-11H3/b2*14-12+,18-13+,37-19+,40-31+/t2*35-,36+,38-,39-,41-,42+,43+,44+,45?,46+,47-,48-,50-,51+,55-/m11/s1. The number of hydrogen-bond donors (Lipinski definition) is 4. The highest BCUT2D eigenvalue weighted by Crippen LogP contribution is 2.49. The van der Waals surface area contributed by atoms with Gasteiger partial charge in [-0.2, -0.15) is 8.61 Å². The minimum atomic E-state index is -3.61. The number of nitrogens with zero attached hydrogens (tertiary/aromatic N) is 4. The Labute approximate surface area is 871 Å². The zero-order valence-electron chi connectivity index (χ0n) is 91.2. The van der Waals surface area contributed by atoms with Crippen LogP contribution in [0.4, 0.5) is 0 Å². The summed E-state index contributed by atoms with van der Waals surface area (Å²) >= 11 is 0. The number of allylic oxidation sites excluding steroid dienone is 12. The van der Waals surface area contributed by atoms with E-state index < -0.39 is 178 Å². The number of aliphatic hydroxyl groups is 4. The SMILES string of the molecule is CO[C@@H]1C[C@H](C[C@@H](C)[C@@H]2CC[C@H](C)/C=C(\C)[C@@H](O)[C@@H](OC)C(=O)[C@H](C)C[C@H](C)/C=C/C=C/C=C(\C)C(N3CCCS3(=O)=O)C[C@@H]3CC[C@@H](C)[C@@](O)(O3)C(=O)C(=O)N3CCCC[C@H]3C(=O)O2)CC[C@H]1OP(C)(C)=O.CO[C@@H]1C[C@H](C[C@@H](C)[C@@H]2CC[C@H](C)/C=C(\C)[C@@H](O)[C@@H](OC)C(=O)[C@H](C)C[C@H](C)/C=C/C=C/C=C(\C)C(N3CCCS3(=O)=O)C[C@@H]3CC[C@@H](C)[C@@](O)(O3)C(=O)C(=O)N3CCCC[C@H]3C(=O)O2)CC[C@H]1OP(C)(C)=O. The average molecular weight is 2130 g/mol. The minimum Gasteiger partial charge on any atom is -0.461 e. The number of methoxy groups -OCH3 is 4. The quantitative estimate of drug-likeness (QED) is 0.0482. The number of cyclic esters (lactones) is 2. The van der Waals surface area contributed by atoms with Crippen molar-refractivity contribution in [1.82, 2.24) is 18.4 Å². The third-order valence-corrected chi connectivity index (χ3v) is 37.7. The summed E-state index contributed by atoms with van der Waals surface area (Å²) < 4.78 is 142. The smallest absolute Gasteiger partial charge is 0.329 e. The van der Waals surface area contributed by atoms with Gasteiger partial charge in [-0.05, 0) is 266 Å². The van der Waals surface area contributed by atoms with Crippen LogP contribution in [0.15, 0.2) is 95.2 Å². The van der Waals surface area contributed by atoms with Gasteiger partial charge >= 0.3 is 11.9 Å². The number of carbonyl (C=O) groups is 8. The Morgan fingerprint density at radius 1 is 0.411 bits per heavy atom. The lowest BCUT2D eigenvalue weighted by Gasteiger charge is -2.43. The molecule has 6 saturated heterocycles. The second-order valence-corrected chi connectivity index (χ2v) is 54.7. The van der Waals surface area contributed by atoms with Gasteiger partial charge in [0.1, 0.15) is 48.7 Å². The van der Waals surface area contributed by atoms with Crippen molar-refractivity contribution in [3.8, 4) is 0 Å². The monoisotopic (exact) mass is 2130 g/mol. The first kappa shape index (κ1) is 124. The molecule has 0 aromatic heterocycles. The normalized spacial score (nSPS) is 39.6. The Hall–Kier alpha value is -5.72. The third-order valence-electron chi connectivity index (χ3n) is 32.2. The summed E-state index contributed by atoms with van der Waals surface area (Å²) in [6, 6.07) is -3.49. The Bertz CT molecular complexity index is 4680. The fraction of sp³-hybridized carbons (Fsp3) is 0.782. The van der Waals surface area contributed by atoms with Gasteiger partial charge in [0.25, 0.3) is 23.4 Å². The molecule has 8 heterocycles. The summed E-state index contributed by atoms with van der Waals surface area (Å²) in [5.41, 5.74) is 2.61. The summed E-state index contributed by atoms with van der Waals surface area (Å²) in [4.78, 5) is 117. The molecule has 4 bridgehead atoms. The molecule has 30 atom stereocenters. The van der Waals surface area contributed by atoms with Gasteiger partial charge in [0.15, 0.2) is 26.3 Å². The molecule has 32 nitrogen and oxygen atoms in total. The van der Waals surface area contributed by atoms with Gasteiger partial charge < -0.3 is 77.2 Å². The third kappa shape index (κ3) is 34.1. The van der Waals surface area contributed by atoms with E-state index in [0.717, 1.165) is 24.0 Å². The van der Waals surface area contributed by atoms with Crippen LogP contribution >= 0.6 is 14.7 Å². The van der Waals surface area contributed by atoms with Crippen molar-refractivity contribution in [2.45, 2.75) is 386 Å². The number of carbonyl (C=O) groups excluding carboxylic acids is 8. The summed E-state index contributed by atoms with van der Waals surface area (Å²) in [6.07, 6.45) is 28.1. The number of sulfonamides is 2. The molecule has 0 radical (unpaired) electrons. The summed E-state index contributed by atoms with van der Waals surface area (Å²) in [7, 11) is -6.65. The minimum absolute atomic E-state index is 0.00174. The van der Waals surface area contributed by atoms with E-state index in [1.165, 1.54) is 32.6 Å². The maximum Gasteiger partial charge on any atom is 0.329 e. The molecular weight excluding hydrogens is 1950 g/mol. The molecule has 36 heteroatoms. The molecule has 8 aliphatic heterocycles. The molecule has 2 amide bonds. The van der Waals surface area contributed by atoms with Gasteiger partial charge in [-0.25, -0.2) is 26.4 Å². The maximum absolute atomic E-state index is 14.6. The van der Waals surface area contributed by atoms with Crippen molar-refractivity contribution in [1.29, 1.82) is 0 Å². The molecule has 2 saturated carbocycles. The van der Waals surface area contributed by atoms with Gasteiger partial charge in [0.2, 0.25) is 31.6 Å². The lowest BCUT2D eigenvalue weighted by Crippen LogP contribution is -2.61. The first-order chi connectivity index (χ1) is 68.6. The molecule has 4 N–H and O–H groups in total. The zero-order chi connectivity index (χ0) is 108. The number of amides is 2. The number of fused-ring (bicyclic) bond motifs is 6. The van der Waals surface area contributed by atoms with E-state index in [1.807, 2.05) is 142 Å². The molecule has 10 rings (SSSR count). The number of Topliss-reactive ketones (excluding diaryl/α,β-unsaturated/α-hetero) is 4. The van der Waals surface area contributed by atoms with E-state index in [0.29, 0.717) is 165 Å². The van der Waals surface area contributed by atoms with Crippen molar-refractivity contribution in [3.63, 3.8) is 0 Å². The van der Waals surface area contributed by atoms with Crippen molar-refractivity contribution in [2.24, 2.45) is 71.0 Å². The van der Waals surface area contributed by atoms with Crippen LogP contribution in [0, 0.1) is 71.0 Å². The van der Waals surface area contributed by atoms with Gasteiger partial charge in [-0.1, -0.05) is 153 Å². The fourth-order valence-corrected chi connectivity index (χ4v) is 29.0. The first-order valence-corrected chi connectivity index (χ1v) is 62.2. The molecule has 8 fully saturated rings. The summed E-state index contributed by atoms with van der Waals surface area (Å²) in [5.74, 6) is -13.8. The van der Waals surface area contributed by atoms with Gasteiger partial charge in [-0.3, -0.25) is 37.9 Å².